The van der Waals surface area contributed by atoms with E-state index in [1.54, 1.807) is 0 Å². The summed E-state index contributed by atoms with van der Waals surface area (Å²) in [7, 11) is 1.47. The van der Waals surface area contributed by atoms with Crippen molar-refractivity contribution in [2.75, 3.05) is 26.8 Å². The minimum atomic E-state index is -2.38. The van der Waals surface area contributed by atoms with Crippen LogP contribution in [0, 0.1) is 5.92 Å². The van der Waals surface area contributed by atoms with E-state index in [4.69, 9.17) is 62.1 Å². The van der Waals surface area contributed by atoms with Gasteiger partial charge >= 0.3 is 5.97 Å². The normalized spacial score (nSPS) is 26.4. The van der Waals surface area contributed by atoms with Crippen molar-refractivity contribution in [3.05, 3.63) is 147 Å². The molecular formula is C83H100Cl2N10O26. The Kier molecular flexibility index (Phi) is 30.0. The number of aliphatic carboxylic acids is 1. The summed E-state index contributed by atoms with van der Waals surface area (Å²) in [4.78, 5) is 132. The predicted octanol–water partition coefficient (Wildman–Crippen LogP) is 3.79. The number of halogens is 2. The van der Waals surface area contributed by atoms with Crippen LogP contribution in [0.5, 0.6) is 51.7 Å². The number of rotatable bonds is 26. The highest BCUT2D eigenvalue weighted by Gasteiger charge is 2.53. The van der Waals surface area contributed by atoms with Crippen molar-refractivity contribution in [3.8, 4) is 62.9 Å². The summed E-state index contributed by atoms with van der Waals surface area (Å²) in [5.74, 6) is -16.2. The summed E-state index contributed by atoms with van der Waals surface area (Å²) in [5, 5.41) is 139. The second-order valence-corrected chi connectivity index (χ2v) is 31.9. The van der Waals surface area contributed by atoms with Crippen LogP contribution in [-0.4, -0.2) is 210 Å². The van der Waals surface area contributed by atoms with E-state index in [2.05, 4.69) is 54.8 Å². The SMILES string of the molecule is CCCCCCCCOc1ccc(CNCC(=O)N[C@@]2(C)C[C@H](O[C@H]3[C@H](Oc4c5cc6cc4Oc4ccc(cc4Cl)[C@@H](O)[C@@H](NC(=O)[C@@H](CC(C)C)NC)C(=O)N[C@@H](CC(N)=O)C(=O)N[C@H]6C(=O)N[C@H]4C(=O)N[C@H](C(=O)NC(C(=O)O)c6cc(O)cc(O)c6-c6cc4ccc6O)[C@H](O)c4ccc(c(Cl)c4)O5)O[C@H](CO)[C@@H](O)[C@@H]3O)O[C@@H](C)[C@H]2O)cc1. The molecule has 6 aromatic rings. The molecule has 36 nitrogen and oxygen atoms in total. The van der Waals surface area contributed by atoms with Crippen LogP contribution < -0.4 is 72.5 Å². The average Bonchev–Trinajstić information content (AvgIpc) is 0.767. The number of fused-ring (bicyclic) bond motifs is 15. The lowest BCUT2D eigenvalue weighted by molar-refractivity contribution is -0.334. The summed E-state index contributed by atoms with van der Waals surface area (Å²) in [6.45, 7) is 8.37. The summed E-state index contributed by atoms with van der Waals surface area (Å²) in [6.07, 6.45) is -13.0. The van der Waals surface area contributed by atoms with Gasteiger partial charge in [-0.25, -0.2) is 4.79 Å². The molecule has 21 N–H and O–H groups in total. The highest BCUT2D eigenvalue weighted by Crippen LogP contribution is 2.50. The number of phenolic OH excluding ortho intramolecular Hbond substituents is 3. The third kappa shape index (κ3) is 21.6. The number of carboxylic acid groups (broad SMARTS) is 1. The second-order valence-electron chi connectivity index (χ2n) is 31.0. The summed E-state index contributed by atoms with van der Waals surface area (Å²) < 4.78 is 45.2. The van der Waals surface area contributed by atoms with Crippen LogP contribution in [0.4, 0.5) is 0 Å². The smallest absolute Gasteiger partial charge is 0.330 e. The lowest BCUT2D eigenvalue weighted by atomic mass is 9.85. The van der Waals surface area contributed by atoms with Crippen molar-refractivity contribution in [1.29, 1.82) is 0 Å². The number of benzene rings is 6. The van der Waals surface area contributed by atoms with Gasteiger partial charge in [0.05, 0.1) is 53.9 Å². The number of ether oxygens (including phenoxy) is 7. The van der Waals surface area contributed by atoms with E-state index in [1.165, 1.54) is 45.9 Å². The summed E-state index contributed by atoms with van der Waals surface area (Å²) in [6, 6.07) is 6.47. The first-order valence-corrected chi connectivity index (χ1v) is 40.2. The molecule has 38 heteroatoms. The number of carbonyl (C=O) groups is 9. The second kappa shape index (κ2) is 39.9. The Hall–Kier alpha value is -10.7. The number of primary amides is 1. The molecule has 0 radical (unpaired) electrons. The fourth-order valence-corrected chi connectivity index (χ4v) is 15.5. The number of nitrogens with two attached hydrogens (primary N) is 1. The number of likely N-dealkylation sites (N-methyl/N-ethyl adjacent to an activating group) is 1. The molecule has 8 amide bonds. The standard InChI is InChI=1S/C83H100Cl2N10O26/c1-7-8-9-10-11-12-23-115-45-18-13-39(14-19-45)34-88-35-60(101)95-83(5)33-61(116-38(4)74(83)106)120-73-71(105)70(104)58(36-96)119-82(73)121-72-56-28-43-29-57(72)118-55-22-17-42(27-49(55)85)69(103)67-80(112)92-65(81(113)114)47-30-44(97)31-53(99)62(47)46-25-40(15-20-52(46)98)63(77(109)94-67)91-78(110)64(43)90-76(108)51(32-59(86)100)89-79(111)66(93-75(107)50(87-6)24-37(2)3)68(102)41-16-21-54(117-56)48(84)26-41/h13-22,25-31,37-38,50-51,58,61,63-71,73-74,82,87-88,96-99,102-106H,7-12,23-24,32-36H2,1-6H3,(H2,86,100)(H,89,111)(H,90,108)(H,91,110)(H,92,112)(H,93,107)(H,94,109)(H,95,101)(H,113,114)/t38-,50+,51-,58+,61-,63+,64+,65?,66+,67-,68+,69+,70+,71-,73+,74+,82-,83-/m0/s1. The molecular weight excluding hydrogens is 1620 g/mol. The summed E-state index contributed by atoms with van der Waals surface area (Å²) >= 11 is 14.3. The molecule has 2 fully saturated rings. The highest BCUT2D eigenvalue weighted by molar-refractivity contribution is 6.32. The number of aliphatic hydroxyl groups is 6. The Morgan fingerprint density at radius 2 is 1.31 bits per heavy atom. The van der Waals surface area contributed by atoms with Crippen LogP contribution >= 0.6 is 23.2 Å². The highest BCUT2D eigenvalue weighted by atomic mass is 35.5. The van der Waals surface area contributed by atoms with Crippen LogP contribution in [0.25, 0.3) is 11.1 Å². The third-order valence-electron chi connectivity index (χ3n) is 21.5. The fraction of sp³-hybridized carbons (Fsp3) is 0.458. The number of carbonyl (C=O) groups excluding carboxylic acids is 8. The van der Waals surface area contributed by atoms with Crippen LogP contribution in [0.3, 0.4) is 0 Å². The van der Waals surface area contributed by atoms with Crippen molar-refractivity contribution in [2.45, 2.75) is 208 Å². The Bertz CT molecular complexity index is 4820. The molecule has 0 aromatic heterocycles. The van der Waals surface area contributed by atoms with E-state index < -0.39 is 243 Å². The van der Waals surface area contributed by atoms with Gasteiger partial charge in [0.15, 0.2) is 29.9 Å². The van der Waals surface area contributed by atoms with Crippen LogP contribution in [0.1, 0.15) is 156 Å². The molecule has 0 spiro atoms. The van der Waals surface area contributed by atoms with Crippen molar-refractivity contribution in [1.82, 2.24) is 47.9 Å². The van der Waals surface area contributed by atoms with Crippen molar-refractivity contribution in [2.24, 2.45) is 11.7 Å². The molecule has 7 heterocycles. The van der Waals surface area contributed by atoms with E-state index >= 15 is 14.4 Å². The molecule has 0 aliphatic carbocycles. The largest absolute Gasteiger partial charge is 0.508 e. The predicted molar refractivity (Wildman–Crippen MR) is 430 cm³/mol. The van der Waals surface area contributed by atoms with E-state index in [1.807, 2.05) is 38.1 Å². The van der Waals surface area contributed by atoms with Gasteiger partial charge in [-0.2, -0.15) is 0 Å². The lowest BCUT2D eigenvalue weighted by Crippen LogP contribution is -2.66. The molecule has 2 saturated heterocycles. The molecule has 7 aliphatic heterocycles. The molecule has 7 aliphatic rings. The van der Waals surface area contributed by atoms with Crippen molar-refractivity contribution >= 4 is 76.4 Å². The zero-order valence-electron chi connectivity index (χ0n) is 66.7. The number of hydrogen-bond donors (Lipinski definition) is 20. The Morgan fingerprint density at radius 3 is 1.94 bits per heavy atom. The van der Waals surface area contributed by atoms with E-state index in [9.17, 15) is 79.8 Å². The lowest BCUT2D eigenvalue weighted by Gasteiger charge is -2.48. The van der Waals surface area contributed by atoms with E-state index in [-0.39, 0.29) is 59.3 Å². The molecule has 13 rings (SSSR count). The van der Waals surface area contributed by atoms with Gasteiger partial charge in [-0.15, -0.1) is 0 Å². The van der Waals surface area contributed by atoms with Crippen molar-refractivity contribution in [3.63, 3.8) is 0 Å². The van der Waals surface area contributed by atoms with Crippen LogP contribution in [0.15, 0.2) is 103 Å². The zero-order chi connectivity index (χ0) is 87.6. The molecule has 652 valence electrons. The van der Waals surface area contributed by atoms with Gasteiger partial charge in [-0.3, -0.25) is 38.4 Å². The van der Waals surface area contributed by atoms with Gasteiger partial charge in [-0.1, -0.05) is 106 Å². The van der Waals surface area contributed by atoms with Gasteiger partial charge < -0.3 is 138 Å². The number of unbranched alkanes of at least 4 members (excludes halogenated alkanes) is 5. The maximum atomic E-state index is 16.2. The Labute approximate surface area is 704 Å². The summed E-state index contributed by atoms with van der Waals surface area (Å²) in [5.41, 5.74) is 2.10. The van der Waals surface area contributed by atoms with E-state index in [0.29, 0.717) is 12.4 Å². The number of carboxylic acids is 1. The van der Waals surface area contributed by atoms with Gasteiger partial charge in [0.2, 0.25) is 59.3 Å². The van der Waals surface area contributed by atoms with Gasteiger partial charge in [0.1, 0.15) is 101 Å². The molecule has 18 atom stereocenters. The minimum absolute atomic E-state index is 0.115. The van der Waals surface area contributed by atoms with Gasteiger partial charge in [-0.05, 0) is 134 Å². The third-order valence-corrected chi connectivity index (χ3v) is 22.1. The number of nitrogens with one attached hydrogen (secondary N) is 9. The molecule has 0 saturated carbocycles. The first-order chi connectivity index (χ1) is 57.6. The van der Waals surface area contributed by atoms with E-state index in [0.717, 1.165) is 98.0 Å². The molecule has 11 bridgehead atoms. The molecule has 1 unspecified atom stereocenters. The number of amides is 8. The average molecular weight is 1720 g/mol. The maximum absolute atomic E-state index is 16.2. The molecule has 6 aromatic carbocycles. The van der Waals surface area contributed by atoms with Gasteiger partial charge in [0, 0.05) is 35.7 Å². The fourth-order valence-electron chi connectivity index (χ4n) is 15.0. The minimum Gasteiger partial charge on any atom is -0.508 e. The van der Waals surface area contributed by atoms with Crippen molar-refractivity contribution < 1.29 is 127 Å². The Morgan fingerprint density at radius 1 is 0.686 bits per heavy atom. The number of aromatic hydroxyl groups is 3. The number of phenols is 3. The zero-order valence-corrected chi connectivity index (χ0v) is 68.2. The monoisotopic (exact) mass is 1720 g/mol. The van der Waals surface area contributed by atoms with Gasteiger partial charge in [0.25, 0.3) is 0 Å². The molecule has 121 heavy (non-hydrogen) atoms. The first kappa shape index (κ1) is 91.0. The number of aliphatic hydroxyl groups excluding tert-OH is 6. The first-order valence-electron chi connectivity index (χ1n) is 39.5. The topological polar surface area (TPSA) is 555 Å². The number of hydrogen-bond acceptors (Lipinski definition) is 27. The quantitative estimate of drug-likeness (QED) is 0.0343. The maximum Gasteiger partial charge on any atom is 0.330 e. The van der Waals surface area contributed by atoms with Crippen LogP contribution in [0.2, 0.25) is 10.0 Å². The van der Waals surface area contributed by atoms with Crippen LogP contribution in [-0.2, 0) is 63.9 Å². The Balaban J connectivity index is 1.04.